The van der Waals surface area contributed by atoms with E-state index in [1.165, 1.54) is 0 Å². The van der Waals surface area contributed by atoms with Crippen molar-refractivity contribution in [2.24, 2.45) is 0 Å². The fraction of sp³-hybridized carbons (Fsp3) is 0.900. The highest BCUT2D eigenvalue weighted by Crippen LogP contribution is 2.13. The average molecular weight is 558 g/mol. The molecule has 3 heterocycles. The van der Waals surface area contributed by atoms with Crippen molar-refractivity contribution in [3.63, 3.8) is 0 Å². The molecular weight excluding hydrogens is 520 g/mol. The Labute approximate surface area is 202 Å². The van der Waals surface area contributed by atoms with Crippen LogP contribution in [-0.4, -0.2) is 137 Å². The van der Waals surface area contributed by atoms with Gasteiger partial charge in [-0.2, -0.15) is 0 Å². The monoisotopic (exact) mass is 556 g/mol. The lowest BCUT2D eigenvalue weighted by Gasteiger charge is -2.39. The van der Waals surface area contributed by atoms with Crippen LogP contribution in [0.3, 0.4) is 0 Å². The summed E-state index contributed by atoms with van der Waals surface area (Å²) in [5.41, 5.74) is 0. The Morgan fingerprint density at radius 2 is 0.967 bits per heavy atom. The van der Waals surface area contributed by atoms with Crippen LogP contribution in [-0.2, 0) is 19.1 Å². The van der Waals surface area contributed by atoms with E-state index in [2.05, 4.69) is 14.1 Å². The Bertz CT molecular complexity index is 499. The first-order valence-corrected chi connectivity index (χ1v) is 10.8. The Morgan fingerprint density at radius 1 is 0.667 bits per heavy atom. The van der Waals surface area contributed by atoms with Gasteiger partial charge in [0.1, 0.15) is 26.2 Å². The molecule has 0 aliphatic carbocycles. The fourth-order valence-electron chi connectivity index (χ4n) is 4.27. The molecule has 0 aromatic heterocycles. The molecule has 3 fully saturated rings. The van der Waals surface area contributed by atoms with Gasteiger partial charge in [0.2, 0.25) is 11.8 Å². The quantitative estimate of drug-likeness (QED) is 0.305. The molecule has 0 spiro atoms. The molecule has 3 saturated heterocycles. The number of rotatable bonds is 6. The number of carbonyl (C=O) groups excluding carboxylic acids is 2. The minimum Gasteiger partial charge on any atom is -1.00 e. The van der Waals surface area contributed by atoms with E-state index in [1.54, 1.807) is 0 Å². The van der Waals surface area contributed by atoms with E-state index in [9.17, 15) is 9.59 Å². The Morgan fingerprint density at radius 3 is 1.27 bits per heavy atom. The number of carbonyl (C=O) groups is 2. The van der Waals surface area contributed by atoms with Gasteiger partial charge < -0.3 is 62.2 Å². The van der Waals surface area contributed by atoms with Crippen LogP contribution in [0.5, 0.6) is 0 Å². The van der Waals surface area contributed by atoms with Gasteiger partial charge in [-0.3, -0.25) is 9.59 Å². The number of likely N-dealkylation sites (N-methyl/N-ethyl adjacent to an activating group) is 2. The molecule has 0 unspecified atom stereocenters. The maximum Gasteiger partial charge on any atom is 0.228 e. The summed E-state index contributed by atoms with van der Waals surface area (Å²) in [7, 11) is 4.42. The van der Waals surface area contributed by atoms with Crippen molar-refractivity contribution in [1.82, 2.24) is 9.80 Å². The molecule has 176 valence electrons. The van der Waals surface area contributed by atoms with Gasteiger partial charge in [-0.05, 0) is 0 Å². The van der Waals surface area contributed by atoms with Crippen LogP contribution in [0.2, 0.25) is 0 Å². The largest absolute Gasteiger partial charge is 1.00 e. The highest BCUT2D eigenvalue weighted by atomic mass is 79.9. The van der Waals surface area contributed by atoms with Crippen molar-refractivity contribution in [2.75, 3.05) is 106 Å². The summed E-state index contributed by atoms with van der Waals surface area (Å²) in [5, 5.41) is 0. The zero-order valence-electron chi connectivity index (χ0n) is 18.5. The van der Waals surface area contributed by atoms with Gasteiger partial charge in [0, 0.05) is 26.2 Å². The minimum atomic E-state index is 0. The van der Waals surface area contributed by atoms with Crippen molar-refractivity contribution >= 4 is 11.8 Å². The third-order valence-electron chi connectivity index (χ3n) is 6.82. The maximum atomic E-state index is 12.6. The second-order valence-electron chi connectivity index (χ2n) is 9.07. The second kappa shape index (κ2) is 12.7. The summed E-state index contributed by atoms with van der Waals surface area (Å²) in [6.45, 7) is 11.5. The number of amides is 2. The molecule has 0 aromatic carbocycles. The van der Waals surface area contributed by atoms with E-state index in [0.717, 1.165) is 74.7 Å². The molecule has 0 saturated carbocycles. The zero-order chi connectivity index (χ0) is 20.0. The fourth-order valence-corrected chi connectivity index (χ4v) is 4.27. The molecule has 0 atom stereocenters. The molecule has 3 aliphatic rings. The van der Waals surface area contributed by atoms with Crippen LogP contribution in [0.15, 0.2) is 0 Å². The van der Waals surface area contributed by atoms with Gasteiger partial charge in [-0.25, -0.2) is 0 Å². The number of quaternary nitrogens is 2. The van der Waals surface area contributed by atoms with Crippen molar-refractivity contribution in [1.29, 1.82) is 0 Å². The first-order chi connectivity index (χ1) is 13.4. The molecule has 0 aromatic rings. The third kappa shape index (κ3) is 8.02. The molecule has 3 aliphatic heterocycles. The Kier molecular flexibility index (Phi) is 11.8. The minimum absolute atomic E-state index is 0. The standard InChI is InChI=1S/C20H38N4O4.2BrH/c1-23(11-15-27-16-12-23)9-3-19(25)21-5-7-22(8-6-21)20(26)4-10-24(2)13-17-28-18-14-24;;/h3-18H2,1-2H3;2*1H/q+2;;/p-2. The number of piperazine rings is 1. The predicted molar refractivity (Wildman–Crippen MR) is 106 cm³/mol. The van der Waals surface area contributed by atoms with Crippen LogP contribution in [0.25, 0.3) is 0 Å². The van der Waals surface area contributed by atoms with Crippen LogP contribution in [0.1, 0.15) is 12.8 Å². The summed E-state index contributed by atoms with van der Waals surface area (Å²) < 4.78 is 12.7. The molecule has 0 bridgehead atoms. The zero-order valence-corrected chi connectivity index (χ0v) is 21.7. The van der Waals surface area contributed by atoms with Crippen LogP contribution in [0, 0.1) is 0 Å². The lowest BCUT2D eigenvalue weighted by molar-refractivity contribution is -0.916. The van der Waals surface area contributed by atoms with Gasteiger partial charge >= 0.3 is 0 Å². The highest BCUT2D eigenvalue weighted by molar-refractivity contribution is 5.78. The van der Waals surface area contributed by atoms with Crippen molar-refractivity contribution in [2.45, 2.75) is 12.8 Å². The van der Waals surface area contributed by atoms with Gasteiger partial charge in [0.15, 0.2) is 0 Å². The van der Waals surface area contributed by atoms with E-state index >= 15 is 0 Å². The molecule has 8 nitrogen and oxygen atoms in total. The van der Waals surface area contributed by atoms with E-state index in [4.69, 9.17) is 9.47 Å². The molecule has 3 rings (SSSR count). The second-order valence-corrected chi connectivity index (χ2v) is 9.07. The van der Waals surface area contributed by atoms with Crippen LogP contribution >= 0.6 is 0 Å². The summed E-state index contributed by atoms with van der Waals surface area (Å²) >= 11 is 0. The Hall–Kier alpha value is -0.260. The topological polar surface area (TPSA) is 59.1 Å². The van der Waals surface area contributed by atoms with Gasteiger partial charge in [0.05, 0.1) is 66.5 Å². The van der Waals surface area contributed by atoms with Crippen molar-refractivity contribution < 1.29 is 62.0 Å². The predicted octanol–water partition coefficient (Wildman–Crippen LogP) is -6.60. The Balaban J connectivity index is 0.00000225. The number of nitrogens with zero attached hydrogens (tertiary/aromatic N) is 4. The number of halogens is 2. The third-order valence-corrected chi connectivity index (χ3v) is 6.82. The van der Waals surface area contributed by atoms with Gasteiger partial charge in [0.25, 0.3) is 0 Å². The van der Waals surface area contributed by atoms with E-state index in [0.29, 0.717) is 39.0 Å². The molecule has 10 heteroatoms. The molecular formula is C20H38Br2N4O4. The lowest BCUT2D eigenvalue weighted by atomic mass is 10.2. The van der Waals surface area contributed by atoms with Crippen molar-refractivity contribution in [3.8, 4) is 0 Å². The number of hydrogen-bond donors (Lipinski definition) is 0. The number of morpholine rings is 2. The van der Waals surface area contributed by atoms with E-state index in [1.807, 2.05) is 9.80 Å². The number of ether oxygens (including phenoxy) is 2. The van der Waals surface area contributed by atoms with E-state index in [-0.39, 0.29) is 45.8 Å². The summed E-state index contributed by atoms with van der Waals surface area (Å²) in [6, 6.07) is 0. The number of hydrogen-bond acceptors (Lipinski definition) is 4. The first kappa shape index (κ1) is 27.8. The highest BCUT2D eigenvalue weighted by Gasteiger charge is 2.30. The van der Waals surface area contributed by atoms with Gasteiger partial charge in [-0.1, -0.05) is 0 Å². The summed E-state index contributed by atoms with van der Waals surface area (Å²) in [6.07, 6.45) is 1.17. The van der Waals surface area contributed by atoms with Crippen LogP contribution < -0.4 is 34.0 Å². The normalized spacial score (nSPS) is 23.1. The summed E-state index contributed by atoms with van der Waals surface area (Å²) in [4.78, 5) is 29.1. The average Bonchev–Trinajstić information content (AvgIpc) is 2.72. The van der Waals surface area contributed by atoms with E-state index < -0.39 is 0 Å². The molecule has 2 amide bonds. The lowest BCUT2D eigenvalue weighted by Crippen LogP contribution is -3.00. The first-order valence-electron chi connectivity index (χ1n) is 10.8. The molecule has 30 heavy (non-hydrogen) atoms. The van der Waals surface area contributed by atoms with Gasteiger partial charge in [-0.15, -0.1) is 0 Å². The van der Waals surface area contributed by atoms with Crippen LogP contribution in [0.4, 0.5) is 0 Å². The van der Waals surface area contributed by atoms with Crippen molar-refractivity contribution in [3.05, 3.63) is 0 Å². The molecule has 0 N–H and O–H groups in total. The summed E-state index contributed by atoms with van der Waals surface area (Å²) in [5.74, 6) is 0.452. The SMILES string of the molecule is C[N+]1(CCC(=O)N2CCN(C(=O)CC[N+]3(C)CCOCC3)CC2)CCOCC1.[Br-].[Br-]. The maximum absolute atomic E-state index is 12.6. The smallest absolute Gasteiger partial charge is 0.228 e. The molecule has 0 radical (unpaired) electrons.